The van der Waals surface area contributed by atoms with Crippen molar-refractivity contribution in [3.05, 3.63) is 40.4 Å². The van der Waals surface area contributed by atoms with E-state index in [2.05, 4.69) is 22.5 Å². The summed E-state index contributed by atoms with van der Waals surface area (Å²) in [7, 11) is 0. The number of hydrogen-bond donors (Lipinski definition) is 2. The fourth-order valence-electron chi connectivity index (χ4n) is 7.79. The molecule has 222 valence electrons. The fourth-order valence-corrected chi connectivity index (χ4v) is 8.09. The van der Waals surface area contributed by atoms with Gasteiger partial charge in [-0.05, 0) is 69.3 Å². The van der Waals surface area contributed by atoms with Crippen molar-refractivity contribution in [1.82, 2.24) is 15.1 Å². The Hall–Kier alpha value is -2.13. The number of anilines is 1. The van der Waals surface area contributed by atoms with Crippen molar-refractivity contribution in [2.24, 2.45) is 17.8 Å². The number of nitrogens with one attached hydrogen (secondary N) is 2. The molecule has 2 N–H and O–H groups in total. The number of benzene rings is 1. The molecule has 0 radical (unpaired) electrons. The van der Waals surface area contributed by atoms with Crippen LogP contribution in [0, 0.1) is 17.8 Å². The van der Waals surface area contributed by atoms with E-state index in [4.69, 9.17) is 27.9 Å². The second-order valence-corrected chi connectivity index (χ2v) is 13.4. The van der Waals surface area contributed by atoms with Gasteiger partial charge < -0.3 is 25.2 Å². The average Bonchev–Trinajstić information content (AvgIpc) is 3.59. The summed E-state index contributed by atoms with van der Waals surface area (Å²) < 4.78 is 6.48. The van der Waals surface area contributed by atoms with Crippen LogP contribution in [0.1, 0.15) is 58.3 Å². The van der Waals surface area contributed by atoms with Crippen LogP contribution in [-0.2, 0) is 19.1 Å². The molecule has 1 saturated carbocycles. The standard InChI is InChI=1S/C31H40Cl2N4O4/c1-19-7-5-14-36(18-19)15-6-16-37-27(29(39)34-20-8-3-2-4-9-20)31-13-12-24(41-31)25(26(31)30(37)40)28(38)35-21-10-11-22(32)23(33)17-21/h10-13,17,19-20,24-27H,2-9,14-16,18H2,1H3,(H,34,39)(H,35,38)/t19-,24+,25-,26+,27-,31+/m1/s1. The van der Waals surface area contributed by atoms with E-state index in [-0.39, 0.29) is 23.8 Å². The molecular formula is C31H40Cl2N4O4. The summed E-state index contributed by atoms with van der Waals surface area (Å²) in [5.74, 6) is -1.52. The number of piperidine rings is 1. The highest BCUT2D eigenvalue weighted by Crippen LogP contribution is 2.55. The Morgan fingerprint density at radius 2 is 1.85 bits per heavy atom. The van der Waals surface area contributed by atoms with Crippen LogP contribution in [0.15, 0.2) is 30.4 Å². The van der Waals surface area contributed by atoms with Crippen molar-refractivity contribution in [3.63, 3.8) is 0 Å². The first kappa shape index (κ1) is 29.0. The number of amides is 3. The molecule has 2 bridgehead atoms. The molecule has 6 atom stereocenters. The highest BCUT2D eigenvalue weighted by atomic mass is 35.5. The fraction of sp³-hybridized carbons (Fsp3) is 0.645. The van der Waals surface area contributed by atoms with Crippen LogP contribution < -0.4 is 10.6 Å². The lowest BCUT2D eigenvalue weighted by Gasteiger charge is -2.35. The molecule has 1 aromatic rings. The number of likely N-dealkylation sites (tertiary alicyclic amines) is 2. The van der Waals surface area contributed by atoms with Crippen LogP contribution in [0.2, 0.25) is 10.0 Å². The van der Waals surface area contributed by atoms with E-state index >= 15 is 0 Å². The second kappa shape index (κ2) is 11.9. The largest absolute Gasteiger partial charge is 0.359 e. The minimum Gasteiger partial charge on any atom is -0.359 e. The van der Waals surface area contributed by atoms with Gasteiger partial charge in [-0.2, -0.15) is 0 Å². The van der Waals surface area contributed by atoms with Gasteiger partial charge in [-0.3, -0.25) is 14.4 Å². The van der Waals surface area contributed by atoms with Gasteiger partial charge in [0.25, 0.3) is 0 Å². The van der Waals surface area contributed by atoms with E-state index < -0.39 is 29.6 Å². The maximum Gasteiger partial charge on any atom is 0.246 e. The number of ether oxygens (including phenoxy) is 1. The SMILES string of the molecule is C[C@@H]1CCCN(CCCN2C(=O)[C@@H]3[C@H](C(=O)Nc4ccc(Cl)c(Cl)c4)[C@@H]4C=C[C@@]3(O4)[C@H]2C(=O)NC2CCCCC2)C1. The molecule has 1 aliphatic carbocycles. The molecule has 5 aliphatic rings. The molecule has 3 saturated heterocycles. The zero-order valence-corrected chi connectivity index (χ0v) is 25.1. The van der Waals surface area contributed by atoms with E-state index in [0.29, 0.717) is 28.2 Å². The molecule has 1 aromatic carbocycles. The van der Waals surface area contributed by atoms with Gasteiger partial charge in [0.1, 0.15) is 11.6 Å². The highest BCUT2D eigenvalue weighted by Gasteiger charge is 2.72. The maximum absolute atomic E-state index is 14.2. The summed E-state index contributed by atoms with van der Waals surface area (Å²) in [5, 5.41) is 6.89. The number of rotatable bonds is 8. The highest BCUT2D eigenvalue weighted by molar-refractivity contribution is 6.42. The quantitative estimate of drug-likeness (QED) is 0.423. The van der Waals surface area contributed by atoms with Crippen LogP contribution in [0.3, 0.4) is 0 Å². The smallest absolute Gasteiger partial charge is 0.246 e. The maximum atomic E-state index is 14.2. The van der Waals surface area contributed by atoms with Gasteiger partial charge in [-0.1, -0.05) is 61.5 Å². The van der Waals surface area contributed by atoms with Gasteiger partial charge >= 0.3 is 0 Å². The van der Waals surface area contributed by atoms with Crippen LogP contribution >= 0.6 is 23.2 Å². The van der Waals surface area contributed by atoms with Gasteiger partial charge in [0, 0.05) is 24.8 Å². The molecule has 10 heteroatoms. The number of hydrogen-bond acceptors (Lipinski definition) is 5. The number of carbonyl (C=O) groups is 3. The molecule has 4 heterocycles. The first-order valence-corrected chi connectivity index (χ1v) is 16.0. The summed E-state index contributed by atoms with van der Waals surface area (Å²) in [5.41, 5.74) is -0.658. The third-order valence-electron chi connectivity index (χ3n) is 9.68. The molecule has 4 fully saturated rings. The molecule has 41 heavy (non-hydrogen) atoms. The summed E-state index contributed by atoms with van der Waals surface area (Å²) in [6.07, 6.45) is 11.6. The van der Waals surface area contributed by atoms with Crippen molar-refractivity contribution in [2.75, 3.05) is 31.5 Å². The van der Waals surface area contributed by atoms with Gasteiger partial charge in [0.15, 0.2) is 0 Å². The number of nitrogens with zero attached hydrogens (tertiary/aromatic N) is 2. The summed E-state index contributed by atoms with van der Waals surface area (Å²) in [6, 6.07) is 4.19. The Morgan fingerprint density at radius 1 is 1.05 bits per heavy atom. The minimum absolute atomic E-state index is 0.106. The lowest BCUT2D eigenvalue weighted by atomic mass is 9.74. The molecule has 0 unspecified atom stereocenters. The van der Waals surface area contributed by atoms with E-state index in [1.807, 2.05) is 12.2 Å². The predicted octanol–water partition coefficient (Wildman–Crippen LogP) is 4.65. The van der Waals surface area contributed by atoms with E-state index in [1.165, 1.54) is 19.3 Å². The molecular weight excluding hydrogens is 563 g/mol. The van der Waals surface area contributed by atoms with Crippen molar-refractivity contribution in [3.8, 4) is 0 Å². The Labute approximate surface area is 252 Å². The predicted molar refractivity (Wildman–Crippen MR) is 159 cm³/mol. The van der Waals surface area contributed by atoms with Crippen LogP contribution in [0.4, 0.5) is 5.69 Å². The molecule has 3 amide bonds. The Morgan fingerprint density at radius 3 is 2.61 bits per heavy atom. The lowest BCUT2D eigenvalue weighted by molar-refractivity contribution is -0.141. The molecule has 1 spiro atoms. The molecule has 4 aliphatic heterocycles. The molecule has 0 aromatic heterocycles. The van der Waals surface area contributed by atoms with Crippen LogP contribution in [-0.4, -0.2) is 77.5 Å². The topological polar surface area (TPSA) is 91.0 Å². The third-order valence-corrected chi connectivity index (χ3v) is 10.4. The van der Waals surface area contributed by atoms with Crippen molar-refractivity contribution >= 4 is 46.6 Å². The summed E-state index contributed by atoms with van der Waals surface area (Å²) in [6.45, 7) is 5.75. The zero-order valence-electron chi connectivity index (χ0n) is 23.6. The van der Waals surface area contributed by atoms with Crippen LogP contribution in [0.25, 0.3) is 0 Å². The minimum atomic E-state index is -1.15. The average molecular weight is 604 g/mol. The van der Waals surface area contributed by atoms with E-state index in [1.54, 1.807) is 23.1 Å². The molecule has 6 rings (SSSR count). The van der Waals surface area contributed by atoms with Crippen molar-refractivity contribution < 1.29 is 19.1 Å². The van der Waals surface area contributed by atoms with E-state index in [9.17, 15) is 14.4 Å². The Balaban J connectivity index is 1.23. The third kappa shape index (κ3) is 5.53. The Kier molecular flexibility index (Phi) is 8.38. The first-order chi connectivity index (χ1) is 19.8. The number of halogens is 2. The van der Waals surface area contributed by atoms with Gasteiger partial charge in [0.05, 0.1) is 28.0 Å². The van der Waals surface area contributed by atoms with Gasteiger partial charge in [-0.15, -0.1) is 0 Å². The number of fused-ring (bicyclic) bond motifs is 1. The summed E-state index contributed by atoms with van der Waals surface area (Å²) >= 11 is 12.2. The monoisotopic (exact) mass is 602 g/mol. The normalized spacial score (nSPS) is 33.3. The van der Waals surface area contributed by atoms with E-state index in [0.717, 1.165) is 51.7 Å². The van der Waals surface area contributed by atoms with Gasteiger partial charge in [-0.25, -0.2) is 0 Å². The number of carbonyl (C=O) groups excluding carboxylic acids is 3. The van der Waals surface area contributed by atoms with Crippen molar-refractivity contribution in [1.29, 1.82) is 0 Å². The summed E-state index contributed by atoms with van der Waals surface area (Å²) in [4.78, 5) is 46.0. The molecule has 8 nitrogen and oxygen atoms in total. The van der Waals surface area contributed by atoms with Crippen LogP contribution in [0.5, 0.6) is 0 Å². The van der Waals surface area contributed by atoms with Crippen molar-refractivity contribution in [2.45, 2.75) is 82.1 Å². The lowest BCUT2D eigenvalue weighted by Crippen LogP contribution is -2.56. The zero-order chi connectivity index (χ0) is 28.7. The second-order valence-electron chi connectivity index (χ2n) is 12.6. The Bertz CT molecular complexity index is 1220. The van der Waals surface area contributed by atoms with Gasteiger partial charge in [0.2, 0.25) is 17.7 Å². The first-order valence-electron chi connectivity index (χ1n) is 15.2.